The second kappa shape index (κ2) is 8.77. The second-order valence-electron chi connectivity index (χ2n) is 7.81. The molecule has 4 rings (SSSR count). The standard InChI is InChI=1S/C22H24F2N4O2/c1-14-10-21-25-9-8-19(28(21)27-14)16-4-2-15(3-5-16)12-26-22(29)13-30-20-7-6-17(23)11-18(20)24/h6-11,15-16H,2-5,12-13H2,1H3,(H,26,29). The Balaban J connectivity index is 1.24. The van der Waals surface area contributed by atoms with E-state index >= 15 is 0 Å². The van der Waals surface area contributed by atoms with Crippen molar-refractivity contribution in [1.29, 1.82) is 0 Å². The van der Waals surface area contributed by atoms with Gasteiger partial charge in [-0.15, -0.1) is 0 Å². The van der Waals surface area contributed by atoms with Crippen LogP contribution in [0.25, 0.3) is 5.65 Å². The Morgan fingerprint density at radius 2 is 2.00 bits per heavy atom. The fourth-order valence-corrected chi connectivity index (χ4v) is 4.04. The van der Waals surface area contributed by atoms with Gasteiger partial charge in [-0.25, -0.2) is 18.3 Å². The summed E-state index contributed by atoms with van der Waals surface area (Å²) >= 11 is 0. The fourth-order valence-electron chi connectivity index (χ4n) is 4.04. The molecule has 158 valence electrons. The van der Waals surface area contributed by atoms with Gasteiger partial charge >= 0.3 is 0 Å². The van der Waals surface area contributed by atoms with Crippen molar-refractivity contribution in [3.63, 3.8) is 0 Å². The lowest BCUT2D eigenvalue weighted by atomic mass is 9.80. The van der Waals surface area contributed by atoms with E-state index in [-0.39, 0.29) is 18.3 Å². The smallest absolute Gasteiger partial charge is 0.257 e. The van der Waals surface area contributed by atoms with E-state index in [2.05, 4.69) is 15.4 Å². The molecular weight excluding hydrogens is 390 g/mol. The number of ether oxygens (including phenoxy) is 1. The summed E-state index contributed by atoms with van der Waals surface area (Å²) in [4.78, 5) is 16.4. The summed E-state index contributed by atoms with van der Waals surface area (Å²) in [6, 6.07) is 7.02. The summed E-state index contributed by atoms with van der Waals surface area (Å²) < 4.78 is 33.5. The summed E-state index contributed by atoms with van der Waals surface area (Å²) in [7, 11) is 0. The zero-order valence-electron chi connectivity index (χ0n) is 16.8. The third-order valence-corrected chi connectivity index (χ3v) is 5.62. The topological polar surface area (TPSA) is 68.5 Å². The molecule has 0 radical (unpaired) electrons. The highest BCUT2D eigenvalue weighted by Gasteiger charge is 2.25. The van der Waals surface area contributed by atoms with Crippen LogP contribution < -0.4 is 10.1 Å². The van der Waals surface area contributed by atoms with Crippen molar-refractivity contribution in [3.05, 3.63) is 59.6 Å². The Morgan fingerprint density at radius 3 is 2.77 bits per heavy atom. The number of nitrogens with zero attached hydrogens (tertiary/aromatic N) is 3. The molecule has 1 fully saturated rings. The monoisotopic (exact) mass is 414 g/mol. The molecule has 1 amide bonds. The molecule has 1 N–H and O–H groups in total. The van der Waals surface area contributed by atoms with E-state index in [0.29, 0.717) is 18.4 Å². The highest BCUT2D eigenvalue weighted by molar-refractivity contribution is 5.77. The van der Waals surface area contributed by atoms with Gasteiger partial charge in [0.15, 0.2) is 23.8 Å². The zero-order valence-corrected chi connectivity index (χ0v) is 16.8. The summed E-state index contributed by atoms with van der Waals surface area (Å²) in [6.45, 7) is 2.23. The Labute approximate surface area is 173 Å². The van der Waals surface area contributed by atoms with Gasteiger partial charge in [0, 0.05) is 36.5 Å². The van der Waals surface area contributed by atoms with Gasteiger partial charge in [0.1, 0.15) is 5.82 Å². The first-order valence-electron chi connectivity index (χ1n) is 10.2. The Morgan fingerprint density at radius 1 is 1.20 bits per heavy atom. The van der Waals surface area contributed by atoms with E-state index in [1.165, 1.54) is 11.8 Å². The highest BCUT2D eigenvalue weighted by Crippen LogP contribution is 2.35. The molecule has 30 heavy (non-hydrogen) atoms. The molecule has 0 bridgehead atoms. The molecule has 0 unspecified atom stereocenters. The van der Waals surface area contributed by atoms with Crippen molar-refractivity contribution >= 4 is 11.6 Å². The molecule has 1 aliphatic carbocycles. The number of aromatic nitrogens is 3. The summed E-state index contributed by atoms with van der Waals surface area (Å²) in [6.07, 6.45) is 5.89. The van der Waals surface area contributed by atoms with Gasteiger partial charge in [-0.05, 0) is 56.7 Å². The van der Waals surface area contributed by atoms with E-state index in [4.69, 9.17) is 4.74 Å². The number of hydrogen-bond acceptors (Lipinski definition) is 4. The van der Waals surface area contributed by atoms with Gasteiger partial charge in [0.2, 0.25) is 0 Å². The summed E-state index contributed by atoms with van der Waals surface area (Å²) in [5, 5.41) is 7.41. The lowest BCUT2D eigenvalue weighted by molar-refractivity contribution is -0.123. The molecule has 0 saturated heterocycles. The Bertz CT molecular complexity index is 1040. The normalized spacial score (nSPS) is 19.0. The zero-order chi connectivity index (χ0) is 21.1. The van der Waals surface area contributed by atoms with Crippen LogP contribution >= 0.6 is 0 Å². The fraction of sp³-hybridized carbons (Fsp3) is 0.409. The first-order valence-corrected chi connectivity index (χ1v) is 10.2. The number of rotatable bonds is 6. The highest BCUT2D eigenvalue weighted by atomic mass is 19.1. The number of nitrogens with one attached hydrogen (secondary N) is 1. The van der Waals surface area contributed by atoms with Gasteiger partial charge in [-0.3, -0.25) is 4.79 Å². The molecule has 0 aliphatic heterocycles. The van der Waals surface area contributed by atoms with Crippen LogP contribution in [0.1, 0.15) is 43.0 Å². The number of halogens is 2. The third-order valence-electron chi connectivity index (χ3n) is 5.62. The average Bonchev–Trinajstić information content (AvgIpc) is 3.12. The van der Waals surface area contributed by atoms with Crippen LogP contribution in [0.4, 0.5) is 8.78 Å². The van der Waals surface area contributed by atoms with Gasteiger partial charge in [0.25, 0.3) is 5.91 Å². The van der Waals surface area contributed by atoms with E-state index < -0.39 is 11.6 Å². The van der Waals surface area contributed by atoms with Crippen molar-refractivity contribution in [1.82, 2.24) is 19.9 Å². The maximum Gasteiger partial charge on any atom is 0.257 e. The predicted molar refractivity (Wildman–Crippen MR) is 107 cm³/mol. The molecule has 2 aromatic heterocycles. The molecule has 0 atom stereocenters. The summed E-state index contributed by atoms with van der Waals surface area (Å²) in [5.41, 5.74) is 3.01. The number of amides is 1. The number of carbonyl (C=O) groups is 1. The molecule has 8 heteroatoms. The van der Waals surface area contributed by atoms with Crippen LogP contribution in [0.5, 0.6) is 5.75 Å². The van der Waals surface area contributed by atoms with Crippen LogP contribution in [0.15, 0.2) is 36.5 Å². The van der Waals surface area contributed by atoms with Crippen LogP contribution in [0.2, 0.25) is 0 Å². The quantitative estimate of drug-likeness (QED) is 0.667. The molecule has 6 nitrogen and oxygen atoms in total. The average molecular weight is 414 g/mol. The number of hydrogen-bond donors (Lipinski definition) is 1. The second-order valence-corrected chi connectivity index (χ2v) is 7.81. The molecule has 2 heterocycles. The van der Waals surface area contributed by atoms with E-state index in [9.17, 15) is 13.6 Å². The Hall–Kier alpha value is -3.03. The maximum atomic E-state index is 13.5. The number of carbonyl (C=O) groups excluding carboxylic acids is 1. The lowest BCUT2D eigenvalue weighted by Gasteiger charge is -2.29. The molecule has 0 spiro atoms. The van der Waals surface area contributed by atoms with Gasteiger partial charge in [-0.2, -0.15) is 5.10 Å². The van der Waals surface area contributed by atoms with Gasteiger partial charge < -0.3 is 10.1 Å². The van der Waals surface area contributed by atoms with Gasteiger partial charge in [-0.1, -0.05) is 0 Å². The van der Waals surface area contributed by atoms with Crippen LogP contribution in [-0.2, 0) is 4.79 Å². The van der Waals surface area contributed by atoms with Gasteiger partial charge in [0.05, 0.1) is 5.69 Å². The number of fused-ring (bicyclic) bond motifs is 1. The maximum absolute atomic E-state index is 13.5. The first-order chi connectivity index (χ1) is 14.5. The molecule has 1 saturated carbocycles. The molecular formula is C22H24F2N4O2. The minimum atomic E-state index is -0.821. The van der Waals surface area contributed by atoms with E-state index in [1.807, 2.05) is 29.8 Å². The molecule has 1 aliphatic rings. The third kappa shape index (κ3) is 4.58. The lowest BCUT2D eigenvalue weighted by Crippen LogP contribution is -2.34. The van der Waals surface area contributed by atoms with Crippen LogP contribution in [-0.4, -0.2) is 33.7 Å². The summed E-state index contributed by atoms with van der Waals surface area (Å²) in [5.74, 6) is -1.14. The van der Waals surface area contributed by atoms with Crippen molar-refractivity contribution in [2.45, 2.75) is 38.5 Å². The SMILES string of the molecule is Cc1cc2nccc(C3CCC(CNC(=O)COc4ccc(F)cc4F)CC3)n2n1. The van der Waals surface area contributed by atoms with E-state index in [1.54, 1.807) is 0 Å². The van der Waals surface area contributed by atoms with Crippen LogP contribution in [0.3, 0.4) is 0 Å². The predicted octanol–water partition coefficient (Wildman–Crippen LogP) is 3.78. The number of benzene rings is 1. The van der Waals surface area contributed by atoms with E-state index in [0.717, 1.165) is 49.2 Å². The Kier molecular flexibility index (Phi) is 5.92. The minimum Gasteiger partial charge on any atom is -0.481 e. The largest absolute Gasteiger partial charge is 0.481 e. The molecule has 3 aromatic rings. The first kappa shape index (κ1) is 20.3. The van der Waals surface area contributed by atoms with Crippen molar-refractivity contribution < 1.29 is 18.3 Å². The van der Waals surface area contributed by atoms with Crippen molar-refractivity contribution in [3.8, 4) is 5.75 Å². The van der Waals surface area contributed by atoms with Crippen molar-refractivity contribution in [2.24, 2.45) is 5.92 Å². The number of aryl methyl sites for hydroxylation is 1. The molecule has 1 aromatic carbocycles. The van der Waals surface area contributed by atoms with Crippen molar-refractivity contribution in [2.75, 3.05) is 13.2 Å². The van der Waals surface area contributed by atoms with Crippen LogP contribution in [0, 0.1) is 24.5 Å². The minimum absolute atomic E-state index is 0.135.